The Hall–Kier alpha value is -3.00. The summed E-state index contributed by atoms with van der Waals surface area (Å²) in [7, 11) is 0. The highest BCUT2D eigenvalue weighted by Gasteiger charge is 2.20. The number of rotatable bonds is 6. The van der Waals surface area contributed by atoms with E-state index in [1.54, 1.807) is 0 Å². The number of benzene rings is 2. The van der Waals surface area contributed by atoms with Crippen LogP contribution in [-0.2, 0) is 11.3 Å². The molecular formula is C17H15ClFN3O4. The van der Waals surface area contributed by atoms with E-state index in [1.165, 1.54) is 43.3 Å². The highest BCUT2D eigenvalue weighted by Crippen LogP contribution is 2.25. The van der Waals surface area contributed by atoms with Gasteiger partial charge >= 0.3 is 0 Å². The predicted octanol–water partition coefficient (Wildman–Crippen LogP) is 2.82. The zero-order valence-electron chi connectivity index (χ0n) is 13.7. The van der Waals surface area contributed by atoms with Gasteiger partial charge in [-0.25, -0.2) is 4.39 Å². The Labute approximate surface area is 153 Å². The molecule has 0 aliphatic rings. The van der Waals surface area contributed by atoms with Crippen LogP contribution in [0, 0.1) is 15.9 Å². The second kappa shape index (κ2) is 8.39. The van der Waals surface area contributed by atoms with Crippen LogP contribution in [0.4, 0.5) is 10.1 Å². The molecule has 1 atom stereocenters. The third-order valence-corrected chi connectivity index (χ3v) is 3.85. The summed E-state index contributed by atoms with van der Waals surface area (Å²) in [4.78, 5) is 34.4. The van der Waals surface area contributed by atoms with Gasteiger partial charge in [0.2, 0.25) is 5.91 Å². The topological polar surface area (TPSA) is 101 Å². The van der Waals surface area contributed by atoms with Crippen molar-refractivity contribution in [2.24, 2.45) is 0 Å². The van der Waals surface area contributed by atoms with Crippen LogP contribution in [0.5, 0.6) is 0 Å². The monoisotopic (exact) mass is 379 g/mol. The Morgan fingerprint density at radius 3 is 2.50 bits per heavy atom. The molecule has 0 bridgehead atoms. The maximum absolute atomic E-state index is 12.8. The van der Waals surface area contributed by atoms with Gasteiger partial charge in [-0.2, -0.15) is 0 Å². The summed E-state index contributed by atoms with van der Waals surface area (Å²) in [5, 5.41) is 15.8. The van der Waals surface area contributed by atoms with Crippen molar-refractivity contribution in [1.29, 1.82) is 0 Å². The first kappa shape index (κ1) is 19.3. The Balaban J connectivity index is 1.95. The fourth-order valence-corrected chi connectivity index (χ4v) is 2.27. The maximum Gasteiger partial charge on any atom is 0.288 e. The molecule has 0 radical (unpaired) electrons. The van der Waals surface area contributed by atoms with Gasteiger partial charge in [-0.3, -0.25) is 19.7 Å². The molecular weight excluding hydrogens is 365 g/mol. The fourth-order valence-electron chi connectivity index (χ4n) is 2.08. The molecule has 0 fully saturated rings. The Morgan fingerprint density at radius 2 is 1.88 bits per heavy atom. The van der Waals surface area contributed by atoms with Crippen molar-refractivity contribution in [3.05, 3.63) is 74.5 Å². The lowest BCUT2D eigenvalue weighted by molar-refractivity contribution is -0.384. The van der Waals surface area contributed by atoms with E-state index in [2.05, 4.69) is 10.6 Å². The third-order valence-electron chi connectivity index (χ3n) is 3.53. The number of hydrogen-bond donors (Lipinski definition) is 2. The zero-order valence-corrected chi connectivity index (χ0v) is 14.4. The van der Waals surface area contributed by atoms with E-state index < -0.39 is 28.5 Å². The summed E-state index contributed by atoms with van der Waals surface area (Å²) in [6.07, 6.45) is 0. The van der Waals surface area contributed by atoms with Crippen LogP contribution in [0.3, 0.4) is 0 Å². The molecule has 0 heterocycles. The van der Waals surface area contributed by atoms with Gasteiger partial charge in [0.05, 0.1) is 4.92 Å². The zero-order chi connectivity index (χ0) is 19.3. The van der Waals surface area contributed by atoms with Crippen molar-refractivity contribution in [1.82, 2.24) is 10.6 Å². The first-order chi connectivity index (χ1) is 12.3. The number of carbonyl (C=O) groups excluding carboxylic acids is 2. The fraction of sp³-hybridized carbons (Fsp3) is 0.176. The molecule has 0 aliphatic heterocycles. The number of nitrogens with zero attached hydrogens (tertiary/aromatic N) is 1. The highest BCUT2D eigenvalue weighted by molar-refractivity contribution is 6.32. The largest absolute Gasteiger partial charge is 0.350 e. The Kier molecular flexibility index (Phi) is 6.24. The lowest BCUT2D eigenvalue weighted by Gasteiger charge is -2.14. The van der Waals surface area contributed by atoms with E-state index in [1.807, 2.05) is 0 Å². The van der Waals surface area contributed by atoms with Crippen LogP contribution in [0.25, 0.3) is 0 Å². The van der Waals surface area contributed by atoms with Gasteiger partial charge in [-0.1, -0.05) is 23.7 Å². The van der Waals surface area contributed by atoms with Crippen molar-refractivity contribution in [3.8, 4) is 0 Å². The normalized spacial score (nSPS) is 11.5. The summed E-state index contributed by atoms with van der Waals surface area (Å²) < 4.78 is 12.8. The maximum atomic E-state index is 12.8. The van der Waals surface area contributed by atoms with Gasteiger partial charge in [-0.15, -0.1) is 0 Å². The van der Waals surface area contributed by atoms with Gasteiger partial charge in [0.15, 0.2) is 0 Å². The number of amides is 2. The number of carbonyl (C=O) groups is 2. The summed E-state index contributed by atoms with van der Waals surface area (Å²) >= 11 is 5.70. The van der Waals surface area contributed by atoms with Crippen LogP contribution >= 0.6 is 11.6 Å². The van der Waals surface area contributed by atoms with Crippen molar-refractivity contribution >= 4 is 29.1 Å². The number of halogens is 2. The smallest absolute Gasteiger partial charge is 0.288 e. The summed E-state index contributed by atoms with van der Waals surface area (Å²) in [5.74, 6) is -1.47. The quantitative estimate of drug-likeness (QED) is 0.595. The average Bonchev–Trinajstić information content (AvgIpc) is 2.60. The van der Waals surface area contributed by atoms with Crippen molar-refractivity contribution in [3.63, 3.8) is 0 Å². The molecule has 0 aromatic heterocycles. The van der Waals surface area contributed by atoms with Gasteiger partial charge in [0, 0.05) is 18.2 Å². The van der Waals surface area contributed by atoms with Crippen molar-refractivity contribution in [2.45, 2.75) is 19.5 Å². The molecule has 2 aromatic rings. The number of nitrogens with one attached hydrogen (secondary N) is 2. The van der Waals surface area contributed by atoms with E-state index in [9.17, 15) is 24.1 Å². The number of nitro groups is 1. The minimum absolute atomic E-state index is 0.0132. The molecule has 0 saturated heterocycles. The molecule has 2 N–H and O–H groups in total. The minimum atomic E-state index is -0.877. The molecule has 7 nitrogen and oxygen atoms in total. The SMILES string of the molecule is C[C@H](NC(=O)c1ccc(Cl)c([N+](=O)[O-])c1)C(=O)NCc1ccc(F)cc1. The van der Waals surface area contributed by atoms with Gasteiger partial charge in [0.1, 0.15) is 16.9 Å². The minimum Gasteiger partial charge on any atom is -0.350 e. The highest BCUT2D eigenvalue weighted by atomic mass is 35.5. The first-order valence-electron chi connectivity index (χ1n) is 7.55. The van der Waals surface area contributed by atoms with Crippen LogP contribution in [-0.4, -0.2) is 22.8 Å². The molecule has 26 heavy (non-hydrogen) atoms. The van der Waals surface area contributed by atoms with Gasteiger partial charge in [-0.05, 0) is 36.8 Å². The summed E-state index contributed by atoms with van der Waals surface area (Å²) in [5.41, 5.74) is 0.318. The van der Waals surface area contributed by atoms with Crippen molar-refractivity contribution in [2.75, 3.05) is 0 Å². The third kappa shape index (κ3) is 5.00. The molecule has 9 heteroatoms. The second-order valence-electron chi connectivity index (χ2n) is 5.46. The van der Waals surface area contributed by atoms with Crippen LogP contribution < -0.4 is 10.6 Å². The van der Waals surface area contributed by atoms with Crippen LogP contribution in [0.15, 0.2) is 42.5 Å². The molecule has 2 amide bonds. The van der Waals surface area contributed by atoms with E-state index in [4.69, 9.17) is 11.6 Å². The first-order valence-corrected chi connectivity index (χ1v) is 7.92. The Bertz CT molecular complexity index is 842. The molecule has 136 valence electrons. The van der Waals surface area contributed by atoms with Crippen molar-refractivity contribution < 1.29 is 18.9 Å². The molecule has 0 spiro atoms. The average molecular weight is 380 g/mol. The van der Waals surface area contributed by atoms with Gasteiger partial charge in [0.25, 0.3) is 11.6 Å². The number of hydrogen-bond acceptors (Lipinski definition) is 4. The summed E-state index contributed by atoms with van der Waals surface area (Å²) in [6.45, 7) is 1.65. The lowest BCUT2D eigenvalue weighted by atomic mass is 10.1. The molecule has 0 saturated carbocycles. The number of nitro benzene ring substituents is 1. The molecule has 0 aliphatic carbocycles. The van der Waals surface area contributed by atoms with Gasteiger partial charge < -0.3 is 10.6 Å². The summed E-state index contributed by atoms with van der Waals surface area (Å²) in [6, 6.07) is 8.36. The van der Waals surface area contributed by atoms with E-state index in [0.29, 0.717) is 5.56 Å². The van der Waals surface area contributed by atoms with E-state index in [-0.39, 0.29) is 22.9 Å². The Morgan fingerprint density at radius 1 is 1.23 bits per heavy atom. The standard InChI is InChI=1S/C17H15ClFN3O4/c1-10(16(23)20-9-11-2-5-13(19)6-3-11)21-17(24)12-4-7-14(18)15(8-12)22(25)26/h2-8,10H,9H2,1H3,(H,20,23)(H,21,24)/t10-/m0/s1. The molecule has 2 rings (SSSR count). The lowest BCUT2D eigenvalue weighted by Crippen LogP contribution is -2.44. The van der Waals surface area contributed by atoms with E-state index in [0.717, 1.165) is 6.07 Å². The predicted molar refractivity (Wildman–Crippen MR) is 93.3 cm³/mol. The molecule has 2 aromatic carbocycles. The van der Waals surface area contributed by atoms with Crippen LogP contribution in [0.1, 0.15) is 22.8 Å². The molecule has 0 unspecified atom stereocenters. The van der Waals surface area contributed by atoms with E-state index >= 15 is 0 Å². The second-order valence-corrected chi connectivity index (χ2v) is 5.87. The van der Waals surface area contributed by atoms with Crippen LogP contribution in [0.2, 0.25) is 5.02 Å².